The fraction of sp³-hybridized carbons (Fsp3) is 0.538. The van der Waals surface area contributed by atoms with Gasteiger partial charge in [0, 0.05) is 6.92 Å². The van der Waals surface area contributed by atoms with Crippen molar-refractivity contribution >= 4 is 23.1 Å². The SMILES string of the molecule is CC(=O)C1=C(C(C)=O)C(C(C)=O)C(C(C)=O)CO1. The molecule has 98 valence electrons. The monoisotopic (exact) mass is 252 g/mol. The fourth-order valence-corrected chi connectivity index (χ4v) is 2.20. The molecule has 18 heavy (non-hydrogen) atoms. The van der Waals surface area contributed by atoms with Gasteiger partial charge in [-0.25, -0.2) is 0 Å². The van der Waals surface area contributed by atoms with E-state index in [0.29, 0.717) is 0 Å². The molecule has 0 bridgehead atoms. The highest BCUT2D eigenvalue weighted by Crippen LogP contribution is 2.32. The summed E-state index contributed by atoms with van der Waals surface area (Å²) in [6.07, 6.45) is 0. The summed E-state index contributed by atoms with van der Waals surface area (Å²) >= 11 is 0. The summed E-state index contributed by atoms with van der Waals surface area (Å²) in [6.45, 7) is 5.15. The summed E-state index contributed by atoms with van der Waals surface area (Å²) < 4.78 is 5.20. The molecule has 0 N–H and O–H groups in total. The lowest BCUT2D eigenvalue weighted by Crippen LogP contribution is -2.39. The van der Waals surface area contributed by atoms with Crippen LogP contribution >= 0.6 is 0 Å². The van der Waals surface area contributed by atoms with Gasteiger partial charge >= 0.3 is 0 Å². The number of ether oxygens (including phenoxy) is 1. The van der Waals surface area contributed by atoms with Gasteiger partial charge in [-0.15, -0.1) is 0 Å². The van der Waals surface area contributed by atoms with Gasteiger partial charge in [-0.05, 0) is 20.8 Å². The minimum Gasteiger partial charge on any atom is -0.489 e. The maximum Gasteiger partial charge on any atom is 0.194 e. The van der Waals surface area contributed by atoms with Crippen LogP contribution in [0.5, 0.6) is 0 Å². The van der Waals surface area contributed by atoms with Crippen LogP contribution in [-0.4, -0.2) is 29.7 Å². The van der Waals surface area contributed by atoms with Crippen molar-refractivity contribution in [2.45, 2.75) is 27.7 Å². The topological polar surface area (TPSA) is 77.5 Å². The first-order valence-electron chi connectivity index (χ1n) is 5.67. The molecule has 5 nitrogen and oxygen atoms in total. The van der Waals surface area contributed by atoms with E-state index in [1.54, 1.807) is 0 Å². The minimum atomic E-state index is -0.868. The lowest BCUT2D eigenvalue weighted by Gasteiger charge is -2.31. The summed E-state index contributed by atoms with van der Waals surface area (Å²) in [5.41, 5.74) is 0.0291. The third-order valence-corrected chi connectivity index (χ3v) is 3.02. The van der Waals surface area contributed by atoms with E-state index in [-0.39, 0.29) is 29.5 Å². The number of ketones is 4. The first-order valence-corrected chi connectivity index (χ1v) is 5.67. The highest BCUT2D eigenvalue weighted by atomic mass is 16.5. The van der Waals surface area contributed by atoms with Crippen LogP contribution in [0.25, 0.3) is 0 Å². The average molecular weight is 252 g/mol. The molecule has 5 heteroatoms. The Bertz CT molecular complexity index is 458. The normalized spacial score (nSPS) is 23.3. The van der Waals surface area contributed by atoms with Crippen molar-refractivity contribution in [3.05, 3.63) is 11.3 Å². The first-order chi connectivity index (χ1) is 8.27. The minimum absolute atomic E-state index is 0.0291. The molecule has 2 atom stereocenters. The van der Waals surface area contributed by atoms with Gasteiger partial charge in [0.15, 0.2) is 17.3 Å². The molecule has 1 aliphatic rings. The van der Waals surface area contributed by atoms with E-state index in [2.05, 4.69) is 0 Å². The molecule has 0 aromatic carbocycles. The Labute approximate surface area is 105 Å². The third kappa shape index (κ3) is 2.55. The van der Waals surface area contributed by atoms with E-state index in [1.807, 2.05) is 0 Å². The van der Waals surface area contributed by atoms with Crippen LogP contribution in [0.2, 0.25) is 0 Å². The van der Waals surface area contributed by atoms with Crippen LogP contribution in [-0.2, 0) is 23.9 Å². The Morgan fingerprint density at radius 2 is 1.50 bits per heavy atom. The largest absolute Gasteiger partial charge is 0.489 e. The van der Waals surface area contributed by atoms with Crippen molar-refractivity contribution in [2.75, 3.05) is 6.61 Å². The molecule has 1 heterocycles. The molecule has 0 aromatic rings. The Morgan fingerprint density at radius 1 is 0.944 bits per heavy atom. The van der Waals surface area contributed by atoms with Gasteiger partial charge in [0.1, 0.15) is 11.6 Å². The van der Waals surface area contributed by atoms with E-state index < -0.39 is 23.4 Å². The van der Waals surface area contributed by atoms with Crippen molar-refractivity contribution in [3.63, 3.8) is 0 Å². The van der Waals surface area contributed by atoms with Crippen LogP contribution in [0.1, 0.15) is 27.7 Å². The molecule has 0 amide bonds. The summed E-state index contributed by atoms with van der Waals surface area (Å²) in [5, 5.41) is 0. The lowest BCUT2D eigenvalue weighted by molar-refractivity contribution is -0.134. The van der Waals surface area contributed by atoms with Crippen molar-refractivity contribution < 1.29 is 23.9 Å². The maximum absolute atomic E-state index is 11.7. The van der Waals surface area contributed by atoms with Gasteiger partial charge in [0.2, 0.25) is 0 Å². The smallest absolute Gasteiger partial charge is 0.194 e. The molecule has 1 rings (SSSR count). The van der Waals surface area contributed by atoms with Gasteiger partial charge in [-0.1, -0.05) is 0 Å². The summed E-state index contributed by atoms with van der Waals surface area (Å²) in [6, 6.07) is 0. The van der Waals surface area contributed by atoms with Crippen LogP contribution < -0.4 is 0 Å². The summed E-state index contributed by atoms with van der Waals surface area (Å²) in [4.78, 5) is 46.3. The fourth-order valence-electron chi connectivity index (χ4n) is 2.20. The number of Topliss-reactive ketones (excluding diaryl/α,β-unsaturated/α-hetero) is 4. The Balaban J connectivity index is 3.41. The van der Waals surface area contributed by atoms with Crippen molar-refractivity contribution in [1.82, 2.24) is 0 Å². The molecule has 1 aliphatic heterocycles. The molecule has 0 radical (unpaired) electrons. The predicted octanol–water partition coefficient (Wildman–Crippen LogP) is 0.859. The van der Waals surface area contributed by atoms with E-state index in [4.69, 9.17) is 4.74 Å². The maximum atomic E-state index is 11.7. The van der Waals surface area contributed by atoms with E-state index >= 15 is 0 Å². The number of allylic oxidation sites excluding steroid dienone is 2. The van der Waals surface area contributed by atoms with Gasteiger partial charge in [0.05, 0.1) is 24.0 Å². The Morgan fingerprint density at radius 3 is 1.83 bits per heavy atom. The van der Waals surface area contributed by atoms with Crippen LogP contribution in [0.4, 0.5) is 0 Å². The predicted molar refractivity (Wildman–Crippen MR) is 62.7 cm³/mol. The number of hydrogen-bond donors (Lipinski definition) is 0. The molecule has 0 saturated carbocycles. The van der Waals surface area contributed by atoms with Crippen LogP contribution in [0, 0.1) is 11.8 Å². The Hall–Kier alpha value is -1.78. The van der Waals surface area contributed by atoms with Gasteiger partial charge < -0.3 is 4.74 Å². The third-order valence-electron chi connectivity index (χ3n) is 3.02. The van der Waals surface area contributed by atoms with E-state index in [9.17, 15) is 19.2 Å². The van der Waals surface area contributed by atoms with Gasteiger partial charge in [0.25, 0.3) is 0 Å². The second kappa shape index (κ2) is 5.25. The molecule has 0 saturated heterocycles. The Kier molecular flexibility index (Phi) is 4.16. The van der Waals surface area contributed by atoms with Gasteiger partial charge in [-0.3, -0.25) is 19.2 Å². The first kappa shape index (κ1) is 14.3. The molecule has 0 spiro atoms. The zero-order chi connectivity index (χ0) is 14.0. The van der Waals surface area contributed by atoms with Crippen molar-refractivity contribution in [3.8, 4) is 0 Å². The molecular formula is C13H16O5. The second-order valence-corrected chi connectivity index (χ2v) is 4.47. The highest BCUT2D eigenvalue weighted by molar-refractivity contribution is 6.08. The summed E-state index contributed by atoms with van der Waals surface area (Å²) in [7, 11) is 0. The number of hydrogen-bond acceptors (Lipinski definition) is 5. The average Bonchev–Trinajstić information content (AvgIpc) is 2.26. The molecule has 0 fully saturated rings. The number of carbonyl (C=O) groups is 4. The molecule has 2 unspecified atom stereocenters. The standard InChI is InChI=1S/C13H16O5/c1-6(14)10-5-18-13(9(4)17)12(8(3)16)11(10)7(2)15/h10-11H,5H2,1-4H3. The van der Waals surface area contributed by atoms with E-state index in [0.717, 1.165) is 0 Å². The van der Waals surface area contributed by atoms with Gasteiger partial charge in [-0.2, -0.15) is 0 Å². The second-order valence-electron chi connectivity index (χ2n) is 4.47. The molecule has 0 aliphatic carbocycles. The van der Waals surface area contributed by atoms with E-state index in [1.165, 1.54) is 27.7 Å². The van der Waals surface area contributed by atoms with Crippen LogP contribution in [0.15, 0.2) is 11.3 Å². The number of carbonyl (C=O) groups excluding carboxylic acids is 4. The quantitative estimate of drug-likeness (QED) is 0.741. The molecule has 0 aromatic heterocycles. The highest BCUT2D eigenvalue weighted by Gasteiger charge is 2.41. The lowest BCUT2D eigenvalue weighted by atomic mass is 9.77. The van der Waals surface area contributed by atoms with Crippen molar-refractivity contribution in [1.29, 1.82) is 0 Å². The summed E-state index contributed by atoms with van der Waals surface area (Å²) in [5.74, 6) is -2.99. The zero-order valence-electron chi connectivity index (χ0n) is 10.9. The van der Waals surface area contributed by atoms with Crippen LogP contribution in [0.3, 0.4) is 0 Å². The zero-order valence-corrected chi connectivity index (χ0v) is 10.9. The number of rotatable bonds is 4. The van der Waals surface area contributed by atoms with Crippen molar-refractivity contribution in [2.24, 2.45) is 11.8 Å². The molecular weight excluding hydrogens is 236 g/mol.